The molecule has 0 spiro atoms. The van der Waals surface area contributed by atoms with Gasteiger partial charge in [0, 0.05) is 19.5 Å². The van der Waals surface area contributed by atoms with E-state index in [2.05, 4.69) is 33.0 Å². The van der Waals surface area contributed by atoms with Crippen molar-refractivity contribution in [2.75, 3.05) is 19.6 Å². The van der Waals surface area contributed by atoms with Gasteiger partial charge in [0.05, 0.1) is 6.04 Å². The van der Waals surface area contributed by atoms with Crippen LogP contribution in [-0.2, 0) is 9.59 Å². The van der Waals surface area contributed by atoms with E-state index in [1.165, 1.54) is 12.8 Å². The second-order valence-electron chi connectivity index (χ2n) is 7.34. The molecule has 0 saturated carbocycles. The van der Waals surface area contributed by atoms with Gasteiger partial charge >= 0.3 is 5.97 Å². The van der Waals surface area contributed by atoms with Crippen molar-refractivity contribution in [1.82, 2.24) is 10.2 Å². The van der Waals surface area contributed by atoms with Crippen molar-refractivity contribution in [2.24, 2.45) is 5.92 Å². The van der Waals surface area contributed by atoms with E-state index in [1.807, 2.05) is 4.90 Å². The van der Waals surface area contributed by atoms with Crippen LogP contribution in [0.5, 0.6) is 0 Å². The quantitative estimate of drug-likeness (QED) is 0.397. The Labute approximate surface area is 160 Å². The molecule has 0 aromatic carbocycles. The number of nitrogens with one attached hydrogen (secondary N) is 1. The number of rotatable bonds is 17. The Kier molecular flexibility index (Phi) is 15.4. The Bertz CT molecular complexity index is 366. The summed E-state index contributed by atoms with van der Waals surface area (Å²) in [5, 5.41) is 12.5. The average Bonchev–Trinajstić information content (AvgIpc) is 2.63. The fourth-order valence-corrected chi connectivity index (χ4v) is 3.08. The van der Waals surface area contributed by atoms with Gasteiger partial charge in [-0.05, 0) is 38.1 Å². The first-order chi connectivity index (χ1) is 12.5. The summed E-state index contributed by atoms with van der Waals surface area (Å²) >= 11 is 0. The van der Waals surface area contributed by atoms with E-state index < -0.39 is 5.97 Å². The minimum atomic E-state index is -0.837. The standard InChI is InChI=1S/C21H42N2O3/c1-5-9-12-18(8-4)17-22-19(13-14-20(24)25)21(26)23(15-10-6-2)16-11-7-3/h18-19,22H,5-17H2,1-4H3,(H,24,25). The Hall–Kier alpha value is -1.10. The summed E-state index contributed by atoms with van der Waals surface area (Å²) in [5.41, 5.74) is 0. The van der Waals surface area contributed by atoms with Crippen LogP contribution in [0.2, 0.25) is 0 Å². The van der Waals surface area contributed by atoms with E-state index in [1.54, 1.807) is 0 Å². The van der Waals surface area contributed by atoms with Crippen molar-refractivity contribution in [3.8, 4) is 0 Å². The highest BCUT2D eigenvalue weighted by Gasteiger charge is 2.25. The molecule has 0 aromatic rings. The summed E-state index contributed by atoms with van der Waals surface area (Å²) in [4.78, 5) is 26.0. The molecule has 0 fully saturated rings. The molecule has 0 aromatic heterocycles. The molecule has 0 rings (SSSR count). The zero-order valence-electron chi connectivity index (χ0n) is 17.6. The smallest absolute Gasteiger partial charge is 0.303 e. The minimum Gasteiger partial charge on any atom is -0.481 e. The largest absolute Gasteiger partial charge is 0.481 e. The van der Waals surface area contributed by atoms with Gasteiger partial charge < -0.3 is 15.3 Å². The minimum absolute atomic E-state index is 0.0323. The predicted molar refractivity (Wildman–Crippen MR) is 108 cm³/mol. The van der Waals surface area contributed by atoms with Crippen molar-refractivity contribution < 1.29 is 14.7 Å². The molecule has 0 heterocycles. The summed E-state index contributed by atoms with van der Waals surface area (Å²) in [6.45, 7) is 11.0. The number of unbranched alkanes of at least 4 members (excludes halogenated alkanes) is 3. The van der Waals surface area contributed by atoms with Gasteiger partial charge in [0.1, 0.15) is 0 Å². The van der Waals surface area contributed by atoms with Gasteiger partial charge in [-0.2, -0.15) is 0 Å². The molecule has 0 aliphatic carbocycles. The maximum Gasteiger partial charge on any atom is 0.303 e. The molecule has 5 heteroatoms. The Morgan fingerprint density at radius 2 is 1.50 bits per heavy atom. The third-order valence-electron chi connectivity index (χ3n) is 5.02. The van der Waals surface area contributed by atoms with Crippen molar-refractivity contribution in [1.29, 1.82) is 0 Å². The first-order valence-corrected chi connectivity index (χ1v) is 10.7. The highest BCUT2D eigenvalue weighted by Crippen LogP contribution is 2.13. The number of carbonyl (C=O) groups excluding carboxylic acids is 1. The highest BCUT2D eigenvalue weighted by molar-refractivity contribution is 5.82. The third-order valence-corrected chi connectivity index (χ3v) is 5.02. The number of carboxylic acids is 1. The monoisotopic (exact) mass is 370 g/mol. The summed E-state index contributed by atoms with van der Waals surface area (Å²) in [6.07, 6.45) is 9.13. The van der Waals surface area contributed by atoms with Crippen molar-refractivity contribution in [3.63, 3.8) is 0 Å². The zero-order chi connectivity index (χ0) is 19.8. The molecule has 2 N–H and O–H groups in total. The summed E-state index contributed by atoms with van der Waals surface area (Å²) in [7, 11) is 0. The van der Waals surface area contributed by atoms with Crippen LogP contribution in [0.15, 0.2) is 0 Å². The maximum atomic E-state index is 13.1. The van der Waals surface area contributed by atoms with Crippen LogP contribution in [0, 0.1) is 5.92 Å². The van der Waals surface area contributed by atoms with Crippen LogP contribution in [0.3, 0.4) is 0 Å². The molecule has 2 atom stereocenters. The highest BCUT2D eigenvalue weighted by atomic mass is 16.4. The van der Waals surface area contributed by atoms with Crippen molar-refractivity contribution in [2.45, 2.75) is 97.9 Å². The van der Waals surface area contributed by atoms with E-state index >= 15 is 0 Å². The molecule has 26 heavy (non-hydrogen) atoms. The number of carbonyl (C=O) groups is 2. The van der Waals surface area contributed by atoms with E-state index in [0.29, 0.717) is 12.3 Å². The molecule has 1 amide bonds. The second-order valence-corrected chi connectivity index (χ2v) is 7.34. The van der Waals surface area contributed by atoms with E-state index in [4.69, 9.17) is 5.11 Å². The third kappa shape index (κ3) is 11.5. The molecule has 0 aliphatic heterocycles. The van der Waals surface area contributed by atoms with Gasteiger partial charge in [-0.1, -0.05) is 59.8 Å². The SMILES string of the molecule is CCCCC(CC)CNC(CCC(=O)O)C(=O)N(CCCC)CCCC. The van der Waals surface area contributed by atoms with Crippen molar-refractivity contribution in [3.05, 3.63) is 0 Å². The number of aliphatic carboxylic acids is 1. The van der Waals surface area contributed by atoms with Crippen LogP contribution < -0.4 is 5.32 Å². The van der Waals surface area contributed by atoms with Gasteiger partial charge in [0.2, 0.25) is 5.91 Å². The van der Waals surface area contributed by atoms with Gasteiger partial charge in [-0.25, -0.2) is 0 Å². The lowest BCUT2D eigenvalue weighted by Crippen LogP contribution is -2.48. The Morgan fingerprint density at radius 3 is 1.96 bits per heavy atom. The average molecular weight is 371 g/mol. The van der Waals surface area contributed by atoms with Crippen LogP contribution in [0.4, 0.5) is 0 Å². The van der Waals surface area contributed by atoms with E-state index in [0.717, 1.165) is 58.2 Å². The van der Waals surface area contributed by atoms with Gasteiger partial charge in [-0.3, -0.25) is 9.59 Å². The van der Waals surface area contributed by atoms with Crippen LogP contribution >= 0.6 is 0 Å². The van der Waals surface area contributed by atoms with E-state index in [-0.39, 0.29) is 18.4 Å². The molecule has 0 bridgehead atoms. The number of amides is 1. The molecule has 0 saturated heterocycles. The Morgan fingerprint density at radius 1 is 0.923 bits per heavy atom. The molecular weight excluding hydrogens is 328 g/mol. The summed E-state index contributed by atoms with van der Waals surface area (Å²) in [6, 6.07) is -0.379. The van der Waals surface area contributed by atoms with Crippen LogP contribution in [-0.4, -0.2) is 47.6 Å². The van der Waals surface area contributed by atoms with Crippen LogP contribution in [0.1, 0.15) is 91.9 Å². The first-order valence-electron chi connectivity index (χ1n) is 10.7. The molecule has 5 nitrogen and oxygen atoms in total. The summed E-state index contributed by atoms with van der Waals surface area (Å²) < 4.78 is 0. The van der Waals surface area contributed by atoms with Gasteiger partial charge in [0.25, 0.3) is 0 Å². The lowest BCUT2D eigenvalue weighted by atomic mass is 9.98. The number of hydrogen-bond donors (Lipinski definition) is 2. The first kappa shape index (κ1) is 24.9. The summed E-state index contributed by atoms with van der Waals surface area (Å²) in [5.74, 6) is -0.204. The Balaban J connectivity index is 4.91. The van der Waals surface area contributed by atoms with E-state index in [9.17, 15) is 9.59 Å². The molecule has 154 valence electrons. The molecule has 0 aliphatic rings. The number of hydrogen-bond acceptors (Lipinski definition) is 3. The lowest BCUT2D eigenvalue weighted by Gasteiger charge is -2.29. The van der Waals surface area contributed by atoms with Crippen molar-refractivity contribution >= 4 is 11.9 Å². The van der Waals surface area contributed by atoms with Gasteiger partial charge in [0.15, 0.2) is 0 Å². The molecule has 0 radical (unpaired) electrons. The fourth-order valence-electron chi connectivity index (χ4n) is 3.08. The zero-order valence-corrected chi connectivity index (χ0v) is 17.6. The molecular formula is C21H42N2O3. The van der Waals surface area contributed by atoms with Crippen LogP contribution in [0.25, 0.3) is 0 Å². The normalized spacial score (nSPS) is 13.4. The lowest BCUT2D eigenvalue weighted by molar-refractivity contribution is -0.138. The fraction of sp³-hybridized carbons (Fsp3) is 0.905. The van der Waals surface area contributed by atoms with Gasteiger partial charge in [-0.15, -0.1) is 0 Å². The number of carboxylic acid groups (broad SMARTS) is 1. The molecule has 2 unspecified atom stereocenters. The second kappa shape index (κ2) is 16.1. The maximum absolute atomic E-state index is 13.1. The topological polar surface area (TPSA) is 69.6 Å². The number of nitrogens with zero attached hydrogens (tertiary/aromatic N) is 1. The predicted octanol–water partition coefficient (Wildman–Crippen LogP) is 4.45.